The lowest BCUT2D eigenvalue weighted by Gasteiger charge is -2.17. The molecule has 0 N–H and O–H groups in total. The van der Waals surface area contributed by atoms with Gasteiger partial charge in [0, 0.05) is 6.54 Å². The van der Waals surface area contributed by atoms with Gasteiger partial charge in [-0.15, -0.1) is 0 Å². The molecule has 14 heavy (non-hydrogen) atoms. The van der Waals surface area contributed by atoms with Gasteiger partial charge in [0.2, 0.25) is 10.0 Å². The van der Waals surface area contributed by atoms with E-state index in [0.29, 0.717) is 19.6 Å². The van der Waals surface area contributed by atoms with Crippen LogP contribution in [0.15, 0.2) is 0 Å². The maximum absolute atomic E-state index is 11.6. The summed E-state index contributed by atoms with van der Waals surface area (Å²) >= 11 is 0. The molecule has 1 aliphatic rings. The summed E-state index contributed by atoms with van der Waals surface area (Å²) in [5, 5.41) is -1.22. The molecule has 0 aromatic carbocycles. The highest BCUT2D eigenvalue weighted by atomic mass is 32.2. The average Bonchev–Trinajstić information content (AvgIpc) is 2.68. The minimum Gasteiger partial charge on any atom is -0.468 e. The summed E-state index contributed by atoms with van der Waals surface area (Å²) in [5.41, 5.74) is 0. The van der Waals surface area contributed by atoms with Crippen molar-refractivity contribution in [3.63, 3.8) is 0 Å². The Labute approximate surface area is 82.8 Å². The van der Waals surface area contributed by atoms with E-state index in [4.69, 9.17) is 4.84 Å². The van der Waals surface area contributed by atoms with Crippen molar-refractivity contribution < 1.29 is 22.8 Å². The summed E-state index contributed by atoms with van der Waals surface area (Å²) in [4.78, 5) is 15.9. The fourth-order valence-corrected chi connectivity index (χ4v) is 2.39. The van der Waals surface area contributed by atoms with Crippen LogP contribution in [0.5, 0.6) is 0 Å². The van der Waals surface area contributed by atoms with Crippen LogP contribution in [-0.4, -0.2) is 44.4 Å². The van der Waals surface area contributed by atoms with E-state index in [-0.39, 0.29) is 0 Å². The third kappa shape index (κ3) is 2.05. The van der Waals surface area contributed by atoms with Crippen molar-refractivity contribution in [3.8, 4) is 0 Å². The molecule has 1 heterocycles. The summed E-state index contributed by atoms with van der Waals surface area (Å²) in [5.74, 6) is -0.777. The summed E-state index contributed by atoms with van der Waals surface area (Å²) < 4.78 is 28.5. The average molecular weight is 223 g/mol. The molecule has 0 bridgehead atoms. The van der Waals surface area contributed by atoms with E-state index >= 15 is 0 Å². The molecule has 0 amide bonds. The monoisotopic (exact) mass is 223 g/mol. The van der Waals surface area contributed by atoms with Crippen molar-refractivity contribution in [2.75, 3.05) is 20.3 Å². The molecular weight excluding hydrogens is 210 g/mol. The van der Waals surface area contributed by atoms with Gasteiger partial charge in [-0.05, 0) is 13.3 Å². The van der Waals surface area contributed by atoms with E-state index in [1.54, 1.807) is 0 Å². The Bertz CT molecular complexity index is 306. The first-order valence-corrected chi connectivity index (χ1v) is 5.72. The zero-order chi connectivity index (χ0) is 10.8. The predicted octanol–water partition coefficient (Wildman–Crippen LogP) is -0.485. The molecule has 82 valence electrons. The van der Waals surface area contributed by atoms with Crippen LogP contribution in [0.25, 0.3) is 0 Å². The SMILES string of the molecule is COC(=O)C(C)S(=O)(=O)N1CCCO1. The Morgan fingerprint density at radius 1 is 1.57 bits per heavy atom. The van der Waals surface area contributed by atoms with Gasteiger partial charge in [0.15, 0.2) is 5.25 Å². The first kappa shape index (κ1) is 11.4. The van der Waals surface area contributed by atoms with E-state index in [1.807, 2.05) is 0 Å². The van der Waals surface area contributed by atoms with E-state index in [9.17, 15) is 13.2 Å². The highest BCUT2D eigenvalue weighted by molar-refractivity contribution is 7.90. The second-order valence-corrected chi connectivity index (χ2v) is 5.07. The van der Waals surface area contributed by atoms with Gasteiger partial charge in [-0.1, -0.05) is 4.47 Å². The third-order valence-electron chi connectivity index (χ3n) is 1.98. The topological polar surface area (TPSA) is 72.9 Å². The second kappa shape index (κ2) is 4.24. The fraction of sp³-hybridized carbons (Fsp3) is 0.857. The molecule has 0 aromatic rings. The first-order valence-electron chi connectivity index (χ1n) is 4.22. The Hall–Kier alpha value is -0.660. The standard InChI is InChI=1S/C7H13NO5S/c1-6(7(9)12-2)14(10,11)8-4-3-5-13-8/h6H,3-5H2,1-2H3. The number of hydrogen-bond donors (Lipinski definition) is 0. The Morgan fingerprint density at radius 3 is 2.64 bits per heavy atom. The van der Waals surface area contributed by atoms with Gasteiger partial charge in [0.05, 0.1) is 13.7 Å². The Morgan fingerprint density at radius 2 is 2.21 bits per heavy atom. The van der Waals surface area contributed by atoms with Crippen LogP contribution >= 0.6 is 0 Å². The van der Waals surface area contributed by atoms with Crippen LogP contribution in [0, 0.1) is 0 Å². The molecule has 0 aromatic heterocycles. The van der Waals surface area contributed by atoms with E-state index in [1.165, 1.54) is 6.92 Å². The molecule has 1 aliphatic heterocycles. The van der Waals surface area contributed by atoms with Crippen molar-refractivity contribution in [2.24, 2.45) is 0 Å². The van der Waals surface area contributed by atoms with Crippen molar-refractivity contribution in [3.05, 3.63) is 0 Å². The number of methoxy groups -OCH3 is 1. The molecule has 0 spiro atoms. The van der Waals surface area contributed by atoms with Crippen molar-refractivity contribution in [2.45, 2.75) is 18.6 Å². The largest absolute Gasteiger partial charge is 0.468 e. The quantitative estimate of drug-likeness (QED) is 0.604. The molecule has 0 aliphatic carbocycles. The lowest BCUT2D eigenvalue weighted by molar-refractivity contribution is -0.140. The molecule has 1 unspecified atom stereocenters. The summed E-state index contributed by atoms with van der Waals surface area (Å²) in [7, 11) is -2.56. The van der Waals surface area contributed by atoms with Crippen LogP contribution < -0.4 is 0 Å². The number of hydroxylamine groups is 1. The maximum Gasteiger partial charge on any atom is 0.325 e. The highest BCUT2D eigenvalue weighted by Gasteiger charge is 2.37. The second-order valence-electron chi connectivity index (χ2n) is 2.92. The Balaban J connectivity index is 2.78. The van der Waals surface area contributed by atoms with Gasteiger partial charge in [-0.3, -0.25) is 9.63 Å². The van der Waals surface area contributed by atoms with Crippen LogP contribution in [-0.2, 0) is 24.4 Å². The van der Waals surface area contributed by atoms with Crippen molar-refractivity contribution >= 4 is 16.0 Å². The van der Waals surface area contributed by atoms with Gasteiger partial charge in [-0.25, -0.2) is 8.42 Å². The van der Waals surface area contributed by atoms with Gasteiger partial charge in [0.1, 0.15) is 0 Å². The third-order valence-corrected chi connectivity index (χ3v) is 3.93. The molecule has 1 atom stereocenters. The first-order chi connectivity index (χ1) is 6.50. The molecule has 1 fully saturated rings. The minimum atomic E-state index is -3.71. The molecule has 1 saturated heterocycles. The van der Waals surface area contributed by atoms with Crippen LogP contribution in [0.3, 0.4) is 0 Å². The number of sulfonamides is 1. The van der Waals surface area contributed by atoms with E-state index in [0.717, 1.165) is 11.6 Å². The van der Waals surface area contributed by atoms with Gasteiger partial charge < -0.3 is 4.74 Å². The van der Waals surface area contributed by atoms with Crippen molar-refractivity contribution in [1.29, 1.82) is 0 Å². The lowest BCUT2D eigenvalue weighted by atomic mass is 10.5. The molecular formula is C7H13NO5S. The zero-order valence-corrected chi connectivity index (χ0v) is 8.91. The molecule has 1 rings (SSSR count). The van der Waals surface area contributed by atoms with E-state index < -0.39 is 21.2 Å². The Kier molecular flexibility index (Phi) is 3.46. The van der Waals surface area contributed by atoms with Crippen LogP contribution in [0.1, 0.15) is 13.3 Å². The summed E-state index contributed by atoms with van der Waals surface area (Å²) in [6.45, 7) is 1.94. The summed E-state index contributed by atoms with van der Waals surface area (Å²) in [6, 6.07) is 0. The van der Waals surface area contributed by atoms with Gasteiger partial charge in [0.25, 0.3) is 0 Å². The number of carbonyl (C=O) groups excluding carboxylic acids is 1. The van der Waals surface area contributed by atoms with Crippen LogP contribution in [0.2, 0.25) is 0 Å². The number of ether oxygens (including phenoxy) is 1. The number of rotatable bonds is 3. The zero-order valence-electron chi connectivity index (χ0n) is 8.10. The molecule has 0 saturated carbocycles. The molecule has 6 nitrogen and oxygen atoms in total. The van der Waals surface area contributed by atoms with E-state index in [2.05, 4.69) is 4.74 Å². The van der Waals surface area contributed by atoms with Crippen LogP contribution in [0.4, 0.5) is 0 Å². The van der Waals surface area contributed by atoms with Gasteiger partial charge >= 0.3 is 5.97 Å². The maximum atomic E-state index is 11.6. The minimum absolute atomic E-state index is 0.295. The normalized spacial score (nSPS) is 20.7. The molecule has 7 heteroatoms. The van der Waals surface area contributed by atoms with Crippen molar-refractivity contribution in [1.82, 2.24) is 4.47 Å². The van der Waals surface area contributed by atoms with Gasteiger partial charge in [-0.2, -0.15) is 0 Å². The smallest absolute Gasteiger partial charge is 0.325 e. The summed E-state index contributed by atoms with van der Waals surface area (Å²) in [6.07, 6.45) is 0.646. The number of hydrogen-bond acceptors (Lipinski definition) is 5. The lowest BCUT2D eigenvalue weighted by Crippen LogP contribution is -2.39. The highest BCUT2D eigenvalue weighted by Crippen LogP contribution is 2.15. The molecule has 0 radical (unpaired) electrons. The number of carbonyl (C=O) groups is 1. The predicted molar refractivity (Wildman–Crippen MR) is 47.7 cm³/mol. The fourth-order valence-electron chi connectivity index (χ4n) is 1.09. The number of esters is 1. The number of nitrogens with zero attached hydrogens (tertiary/aromatic N) is 1.